The zero-order valence-corrected chi connectivity index (χ0v) is 13.9. The van der Waals surface area contributed by atoms with E-state index >= 15 is 0 Å². The van der Waals surface area contributed by atoms with Crippen molar-refractivity contribution in [1.82, 2.24) is 14.9 Å². The number of aromatic nitrogens is 2. The lowest BCUT2D eigenvalue weighted by atomic mass is 10.0. The molecule has 122 valence electrons. The van der Waals surface area contributed by atoms with Gasteiger partial charge in [0.2, 0.25) is 0 Å². The molecule has 0 spiro atoms. The van der Waals surface area contributed by atoms with E-state index in [-0.39, 0.29) is 0 Å². The van der Waals surface area contributed by atoms with Gasteiger partial charge in [-0.25, -0.2) is 4.98 Å². The summed E-state index contributed by atoms with van der Waals surface area (Å²) in [5, 5.41) is 1.63. The van der Waals surface area contributed by atoms with Crippen LogP contribution in [0, 0.1) is 0 Å². The molecule has 5 nitrogen and oxygen atoms in total. The Morgan fingerprint density at radius 3 is 2.65 bits per heavy atom. The minimum absolute atomic E-state index is 0.683. The fourth-order valence-corrected chi connectivity index (χ4v) is 3.78. The second kappa shape index (κ2) is 6.59. The molecule has 2 aliphatic heterocycles. The van der Waals surface area contributed by atoms with Crippen molar-refractivity contribution in [2.24, 2.45) is 0 Å². The predicted molar refractivity (Wildman–Crippen MR) is 92.2 cm³/mol. The van der Waals surface area contributed by atoms with Crippen LogP contribution in [-0.4, -0.2) is 60.3 Å². The quantitative estimate of drug-likeness (QED) is 0.845. The smallest absolute Gasteiger partial charge is 0.130 e. The second-order valence-corrected chi connectivity index (χ2v) is 6.63. The van der Waals surface area contributed by atoms with Crippen molar-refractivity contribution < 1.29 is 4.74 Å². The number of nitrogens with zero attached hydrogens (tertiary/aromatic N) is 4. The third kappa shape index (κ3) is 3.13. The minimum atomic E-state index is 0.683. The van der Waals surface area contributed by atoms with Gasteiger partial charge in [-0.05, 0) is 18.9 Å². The normalized spacial score (nSPS) is 21.0. The van der Waals surface area contributed by atoms with Crippen molar-refractivity contribution in [3.63, 3.8) is 0 Å². The van der Waals surface area contributed by atoms with E-state index in [4.69, 9.17) is 16.3 Å². The van der Waals surface area contributed by atoms with E-state index in [0.29, 0.717) is 11.1 Å². The number of hydrogen-bond acceptors (Lipinski definition) is 5. The third-order valence-electron chi connectivity index (χ3n) is 4.91. The van der Waals surface area contributed by atoms with E-state index < -0.39 is 0 Å². The van der Waals surface area contributed by atoms with Crippen LogP contribution in [0.4, 0.5) is 5.82 Å². The Balaban J connectivity index is 1.45. The highest BCUT2D eigenvalue weighted by Crippen LogP contribution is 2.26. The van der Waals surface area contributed by atoms with Gasteiger partial charge in [0.05, 0.1) is 23.8 Å². The van der Waals surface area contributed by atoms with Crippen LogP contribution in [-0.2, 0) is 4.74 Å². The van der Waals surface area contributed by atoms with E-state index in [1.807, 2.05) is 6.20 Å². The van der Waals surface area contributed by atoms with Crippen LogP contribution in [0.1, 0.15) is 12.8 Å². The van der Waals surface area contributed by atoms with Crippen LogP contribution in [0.2, 0.25) is 5.02 Å². The maximum absolute atomic E-state index is 6.19. The first kappa shape index (κ1) is 15.1. The molecule has 0 aromatic carbocycles. The summed E-state index contributed by atoms with van der Waals surface area (Å²) >= 11 is 6.19. The van der Waals surface area contributed by atoms with Gasteiger partial charge in [0, 0.05) is 56.1 Å². The molecule has 2 aromatic rings. The van der Waals surface area contributed by atoms with Crippen LogP contribution in [0.5, 0.6) is 0 Å². The molecule has 0 radical (unpaired) electrons. The topological polar surface area (TPSA) is 41.5 Å². The summed E-state index contributed by atoms with van der Waals surface area (Å²) in [6.07, 6.45) is 5.96. The van der Waals surface area contributed by atoms with Gasteiger partial charge in [0.1, 0.15) is 5.82 Å². The van der Waals surface area contributed by atoms with Crippen molar-refractivity contribution >= 4 is 28.3 Å². The molecule has 0 unspecified atom stereocenters. The van der Waals surface area contributed by atoms with Crippen LogP contribution in [0.15, 0.2) is 24.5 Å². The number of piperidine rings is 1. The molecule has 6 heteroatoms. The van der Waals surface area contributed by atoms with Crippen molar-refractivity contribution in [3.05, 3.63) is 29.5 Å². The summed E-state index contributed by atoms with van der Waals surface area (Å²) in [4.78, 5) is 13.9. The number of pyridine rings is 2. The van der Waals surface area contributed by atoms with Crippen molar-refractivity contribution in [3.8, 4) is 0 Å². The summed E-state index contributed by atoms with van der Waals surface area (Å²) in [5.74, 6) is 1.01. The first-order chi connectivity index (χ1) is 11.3. The highest BCUT2D eigenvalue weighted by atomic mass is 35.5. The highest BCUT2D eigenvalue weighted by molar-refractivity contribution is 6.35. The molecule has 0 aliphatic carbocycles. The molecule has 0 saturated carbocycles. The molecule has 0 bridgehead atoms. The zero-order valence-electron chi connectivity index (χ0n) is 13.1. The summed E-state index contributed by atoms with van der Waals surface area (Å²) < 4.78 is 5.45. The summed E-state index contributed by atoms with van der Waals surface area (Å²) in [6, 6.07) is 4.54. The molecule has 4 rings (SSSR count). The molecule has 4 heterocycles. The molecule has 23 heavy (non-hydrogen) atoms. The monoisotopic (exact) mass is 332 g/mol. The van der Waals surface area contributed by atoms with Gasteiger partial charge in [-0.15, -0.1) is 0 Å². The lowest BCUT2D eigenvalue weighted by molar-refractivity contribution is 0.0115. The summed E-state index contributed by atoms with van der Waals surface area (Å²) in [6.45, 7) is 5.97. The van der Waals surface area contributed by atoms with Gasteiger partial charge in [-0.2, -0.15) is 0 Å². The average molecular weight is 333 g/mol. The van der Waals surface area contributed by atoms with Gasteiger partial charge in [-0.3, -0.25) is 9.88 Å². The lowest BCUT2D eigenvalue weighted by Gasteiger charge is -2.40. The molecule has 2 fully saturated rings. The zero-order chi connectivity index (χ0) is 15.6. The van der Waals surface area contributed by atoms with Crippen LogP contribution >= 0.6 is 11.6 Å². The number of halogens is 1. The number of hydrogen-bond donors (Lipinski definition) is 0. The predicted octanol–water partition coefficient (Wildman–Crippen LogP) is 2.58. The molecular weight excluding hydrogens is 312 g/mol. The Bertz CT molecular complexity index is 681. The molecule has 0 N–H and O–H groups in total. The Morgan fingerprint density at radius 2 is 1.87 bits per heavy atom. The SMILES string of the molecule is Clc1ccnc2cc(N3CCC(N4CCOCC4)CC3)ncc12. The van der Waals surface area contributed by atoms with Gasteiger partial charge < -0.3 is 9.64 Å². The highest BCUT2D eigenvalue weighted by Gasteiger charge is 2.26. The first-order valence-corrected chi connectivity index (χ1v) is 8.66. The number of rotatable bonds is 2. The number of anilines is 1. The third-order valence-corrected chi connectivity index (χ3v) is 5.24. The lowest BCUT2D eigenvalue weighted by Crippen LogP contribution is -2.49. The van der Waals surface area contributed by atoms with Crippen molar-refractivity contribution in [1.29, 1.82) is 0 Å². The van der Waals surface area contributed by atoms with E-state index in [9.17, 15) is 0 Å². The number of morpholine rings is 1. The van der Waals surface area contributed by atoms with Gasteiger partial charge in [-0.1, -0.05) is 11.6 Å². The van der Waals surface area contributed by atoms with Crippen molar-refractivity contribution in [2.45, 2.75) is 18.9 Å². The fraction of sp³-hybridized carbons (Fsp3) is 0.529. The van der Waals surface area contributed by atoms with E-state index in [1.165, 1.54) is 12.8 Å². The number of ether oxygens (including phenoxy) is 1. The maximum atomic E-state index is 6.19. The van der Waals surface area contributed by atoms with Gasteiger partial charge in [0.25, 0.3) is 0 Å². The van der Waals surface area contributed by atoms with E-state index in [1.54, 1.807) is 12.3 Å². The van der Waals surface area contributed by atoms with Crippen LogP contribution < -0.4 is 4.90 Å². The van der Waals surface area contributed by atoms with Crippen LogP contribution in [0.25, 0.3) is 10.9 Å². The molecule has 2 saturated heterocycles. The van der Waals surface area contributed by atoms with E-state index in [0.717, 1.165) is 56.1 Å². The summed E-state index contributed by atoms with van der Waals surface area (Å²) in [7, 11) is 0. The number of fused-ring (bicyclic) bond motifs is 1. The maximum Gasteiger partial charge on any atom is 0.130 e. The first-order valence-electron chi connectivity index (χ1n) is 8.28. The summed E-state index contributed by atoms with van der Waals surface area (Å²) in [5.41, 5.74) is 0.915. The molecule has 0 amide bonds. The van der Waals surface area contributed by atoms with Gasteiger partial charge >= 0.3 is 0 Å². The second-order valence-electron chi connectivity index (χ2n) is 6.22. The molecular formula is C17H21ClN4O. The molecule has 2 aromatic heterocycles. The Labute approximate surface area is 141 Å². The van der Waals surface area contributed by atoms with Crippen molar-refractivity contribution in [2.75, 3.05) is 44.3 Å². The Hall–Kier alpha value is -1.43. The molecule has 0 atom stereocenters. The van der Waals surface area contributed by atoms with E-state index in [2.05, 4.69) is 25.8 Å². The minimum Gasteiger partial charge on any atom is -0.379 e. The Kier molecular flexibility index (Phi) is 4.33. The average Bonchev–Trinajstić information content (AvgIpc) is 2.63. The Morgan fingerprint density at radius 1 is 1.09 bits per heavy atom. The van der Waals surface area contributed by atoms with Crippen LogP contribution in [0.3, 0.4) is 0 Å². The fourth-order valence-electron chi connectivity index (χ4n) is 3.57. The van der Waals surface area contributed by atoms with Gasteiger partial charge in [0.15, 0.2) is 0 Å². The largest absolute Gasteiger partial charge is 0.379 e. The standard InChI is InChI=1S/C17H21ClN4O/c18-15-1-4-19-16-11-17(20-12-14(15)16)22-5-2-13(3-6-22)21-7-9-23-10-8-21/h1,4,11-13H,2-3,5-10H2. The molecule has 2 aliphatic rings.